The van der Waals surface area contributed by atoms with E-state index in [2.05, 4.69) is 29.6 Å². The molecule has 4 fully saturated rings. The van der Waals surface area contributed by atoms with Gasteiger partial charge in [0.15, 0.2) is 0 Å². The maximum absolute atomic E-state index is 14.1. The zero-order valence-electron chi connectivity index (χ0n) is 18.0. The summed E-state index contributed by atoms with van der Waals surface area (Å²) in [6.07, 6.45) is 2.56. The van der Waals surface area contributed by atoms with E-state index in [1.165, 1.54) is 0 Å². The maximum atomic E-state index is 14.1. The standard InChI is InChI=1S/C28H26N2O2/c31-24-28-17-10-18-30(28)25(32)26(29-24,19-21-11-4-1-5-12-21)20-27(28,22-13-6-2-7-14-22)23-15-8-3-9-16-23/h1-9,11-16H,10,17-20H2,(H,29,31)/t26-,28+/m0/s1. The molecule has 2 bridgehead atoms. The first-order valence-electron chi connectivity index (χ1n) is 11.4. The highest BCUT2D eigenvalue weighted by molar-refractivity contribution is 6.07. The molecule has 2 atom stereocenters. The molecule has 4 heteroatoms. The van der Waals surface area contributed by atoms with Crippen molar-refractivity contribution in [1.29, 1.82) is 0 Å². The smallest absolute Gasteiger partial charge is 0.249 e. The van der Waals surface area contributed by atoms with Crippen molar-refractivity contribution in [3.05, 3.63) is 108 Å². The first-order chi connectivity index (χ1) is 15.6. The average Bonchev–Trinajstić information content (AvgIpc) is 3.30. The SMILES string of the molecule is O=C1N2CCC[C@]23C(=O)N[C@@]1(Cc1ccccc1)CC3(c1ccccc1)c1ccccc1. The third-order valence-corrected chi connectivity index (χ3v) is 7.92. The van der Waals surface area contributed by atoms with Crippen LogP contribution in [-0.4, -0.2) is 34.3 Å². The van der Waals surface area contributed by atoms with Crippen molar-refractivity contribution in [3.63, 3.8) is 0 Å². The van der Waals surface area contributed by atoms with Gasteiger partial charge < -0.3 is 10.2 Å². The van der Waals surface area contributed by atoms with Crippen LogP contribution in [0, 0.1) is 0 Å². The molecule has 0 unspecified atom stereocenters. The molecule has 3 aromatic carbocycles. The fourth-order valence-corrected chi connectivity index (χ4v) is 6.74. The molecule has 0 aromatic heterocycles. The number of carbonyl (C=O) groups is 2. The molecule has 3 aromatic rings. The number of nitrogens with one attached hydrogen (secondary N) is 1. The van der Waals surface area contributed by atoms with Gasteiger partial charge >= 0.3 is 0 Å². The van der Waals surface area contributed by atoms with Crippen molar-refractivity contribution >= 4 is 11.8 Å². The molecule has 4 aliphatic rings. The van der Waals surface area contributed by atoms with Crippen LogP contribution in [0.5, 0.6) is 0 Å². The molecule has 1 spiro atoms. The number of fused-ring (bicyclic) bond motifs is 2. The fraction of sp³-hybridized carbons (Fsp3) is 0.286. The van der Waals surface area contributed by atoms with E-state index in [1.54, 1.807) is 0 Å². The van der Waals surface area contributed by atoms with Gasteiger partial charge in [-0.05, 0) is 36.0 Å². The highest BCUT2D eigenvalue weighted by atomic mass is 16.2. The van der Waals surface area contributed by atoms with Gasteiger partial charge in [0.2, 0.25) is 11.8 Å². The normalized spacial score (nSPS) is 27.8. The molecule has 1 N–H and O–H groups in total. The Morgan fingerprint density at radius 1 is 0.781 bits per heavy atom. The van der Waals surface area contributed by atoms with Crippen molar-refractivity contribution in [1.82, 2.24) is 10.2 Å². The molecule has 4 heterocycles. The van der Waals surface area contributed by atoms with Gasteiger partial charge in [-0.15, -0.1) is 0 Å². The lowest BCUT2D eigenvalue weighted by atomic mass is 9.49. The number of nitrogens with zero attached hydrogens (tertiary/aromatic N) is 1. The second kappa shape index (κ2) is 6.80. The summed E-state index contributed by atoms with van der Waals surface area (Å²) in [5, 5.41) is 3.25. The van der Waals surface area contributed by atoms with Crippen LogP contribution in [0.25, 0.3) is 0 Å². The lowest BCUT2D eigenvalue weighted by Crippen LogP contribution is -2.86. The van der Waals surface area contributed by atoms with Gasteiger partial charge in [-0.2, -0.15) is 0 Å². The van der Waals surface area contributed by atoms with Gasteiger partial charge in [-0.25, -0.2) is 0 Å². The quantitative estimate of drug-likeness (QED) is 0.694. The number of amides is 2. The summed E-state index contributed by atoms with van der Waals surface area (Å²) in [5.74, 6) is 0.0606. The molecule has 2 amide bonds. The number of rotatable bonds is 4. The van der Waals surface area contributed by atoms with Crippen molar-refractivity contribution < 1.29 is 9.59 Å². The average molecular weight is 423 g/mol. The predicted molar refractivity (Wildman–Crippen MR) is 123 cm³/mol. The number of hydrogen-bond acceptors (Lipinski definition) is 2. The largest absolute Gasteiger partial charge is 0.339 e. The summed E-state index contributed by atoms with van der Waals surface area (Å²) in [6.45, 7) is 0.629. The van der Waals surface area contributed by atoms with Crippen LogP contribution in [0.2, 0.25) is 0 Å². The van der Waals surface area contributed by atoms with E-state index in [-0.39, 0.29) is 11.8 Å². The lowest BCUT2D eigenvalue weighted by Gasteiger charge is -2.65. The van der Waals surface area contributed by atoms with E-state index in [0.717, 1.165) is 23.1 Å². The Kier molecular flexibility index (Phi) is 4.10. The number of carbonyl (C=O) groups excluding carboxylic acids is 2. The van der Waals surface area contributed by atoms with Crippen LogP contribution in [0.1, 0.15) is 36.0 Å². The van der Waals surface area contributed by atoms with Crippen LogP contribution < -0.4 is 5.32 Å². The Bertz CT molecular complexity index is 1140. The zero-order chi connectivity index (χ0) is 21.8. The highest BCUT2D eigenvalue weighted by Gasteiger charge is 2.75. The van der Waals surface area contributed by atoms with E-state index in [4.69, 9.17) is 0 Å². The Balaban J connectivity index is 1.64. The van der Waals surface area contributed by atoms with Crippen LogP contribution in [0.3, 0.4) is 0 Å². The maximum Gasteiger partial charge on any atom is 0.249 e. The Hall–Kier alpha value is -3.40. The molecule has 32 heavy (non-hydrogen) atoms. The Morgan fingerprint density at radius 3 is 1.94 bits per heavy atom. The molecular formula is C28H26N2O2. The van der Waals surface area contributed by atoms with Crippen molar-refractivity contribution in [2.45, 2.75) is 42.2 Å². The third kappa shape index (κ3) is 2.32. The predicted octanol–water partition coefficient (Wildman–Crippen LogP) is 3.85. The second-order valence-electron chi connectivity index (χ2n) is 9.43. The topological polar surface area (TPSA) is 49.4 Å². The minimum absolute atomic E-state index is 0.00973. The van der Waals surface area contributed by atoms with E-state index >= 15 is 0 Å². The molecule has 0 saturated carbocycles. The Morgan fingerprint density at radius 2 is 1.34 bits per heavy atom. The van der Waals surface area contributed by atoms with Gasteiger partial charge in [0.1, 0.15) is 11.1 Å². The van der Waals surface area contributed by atoms with Gasteiger partial charge in [-0.3, -0.25) is 9.59 Å². The zero-order valence-corrected chi connectivity index (χ0v) is 18.0. The molecular weight excluding hydrogens is 396 g/mol. The minimum Gasteiger partial charge on any atom is -0.339 e. The highest BCUT2D eigenvalue weighted by Crippen LogP contribution is 2.60. The summed E-state index contributed by atoms with van der Waals surface area (Å²) < 4.78 is 0. The molecule has 7 rings (SSSR count). The van der Waals surface area contributed by atoms with Crippen LogP contribution in [-0.2, 0) is 21.4 Å². The minimum atomic E-state index is -0.962. The van der Waals surface area contributed by atoms with Gasteiger partial charge in [0.05, 0.1) is 5.41 Å². The molecule has 4 saturated heterocycles. The van der Waals surface area contributed by atoms with Crippen molar-refractivity contribution in [2.24, 2.45) is 0 Å². The van der Waals surface area contributed by atoms with Crippen LogP contribution in [0.4, 0.5) is 0 Å². The first kappa shape index (κ1) is 19.3. The lowest BCUT2D eigenvalue weighted by molar-refractivity contribution is -0.176. The van der Waals surface area contributed by atoms with Gasteiger partial charge in [0, 0.05) is 13.0 Å². The molecule has 0 radical (unpaired) electrons. The fourth-order valence-electron chi connectivity index (χ4n) is 6.74. The van der Waals surface area contributed by atoms with E-state index in [0.29, 0.717) is 25.8 Å². The van der Waals surface area contributed by atoms with Gasteiger partial charge in [-0.1, -0.05) is 91.0 Å². The number of hydrogen-bond donors (Lipinski definition) is 1. The second-order valence-corrected chi connectivity index (χ2v) is 9.43. The van der Waals surface area contributed by atoms with E-state index in [1.807, 2.05) is 71.6 Å². The molecule has 4 nitrogen and oxygen atoms in total. The number of piperazine rings is 1. The molecule has 0 aliphatic carbocycles. The van der Waals surface area contributed by atoms with E-state index < -0.39 is 16.5 Å². The van der Waals surface area contributed by atoms with Crippen molar-refractivity contribution in [3.8, 4) is 0 Å². The van der Waals surface area contributed by atoms with E-state index in [9.17, 15) is 9.59 Å². The molecule has 160 valence electrons. The summed E-state index contributed by atoms with van der Waals surface area (Å²) >= 11 is 0. The summed E-state index contributed by atoms with van der Waals surface area (Å²) in [6, 6.07) is 30.8. The molecule has 4 aliphatic heterocycles. The van der Waals surface area contributed by atoms with Gasteiger partial charge in [0.25, 0.3) is 0 Å². The summed E-state index contributed by atoms with van der Waals surface area (Å²) in [7, 11) is 0. The van der Waals surface area contributed by atoms with Crippen molar-refractivity contribution in [2.75, 3.05) is 6.54 Å². The monoisotopic (exact) mass is 422 g/mol. The Labute approximate surface area is 188 Å². The summed E-state index contributed by atoms with van der Waals surface area (Å²) in [4.78, 5) is 30.0. The van der Waals surface area contributed by atoms with Crippen LogP contribution in [0.15, 0.2) is 91.0 Å². The summed E-state index contributed by atoms with van der Waals surface area (Å²) in [5.41, 5.74) is 0.818. The number of piperidine rings is 2. The third-order valence-electron chi connectivity index (χ3n) is 7.92. The van der Waals surface area contributed by atoms with Crippen LogP contribution >= 0.6 is 0 Å². The first-order valence-corrected chi connectivity index (χ1v) is 11.4. The number of benzene rings is 3.